The summed E-state index contributed by atoms with van der Waals surface area (Å²) in [6.07, 6.45) is 4.80. The maximum absolute atomic E-state index is 5.20. The van der Waals surface area contributed by atoms with Crippen molar-refractivity contribution in [3.63, 3.8) is 0 Å². The van der Waals surface area contributed by atoms with Gasteiger partial charge in [-0.1, -0.05) is 61.1 Å². The summed E-state index contributed by atoms with van der Waals surface area (Å²) in [5.74, 6) is 0. The van der Waals surface area contributed by atoms with E-state index >= 15 is 0 Å². The highest BCUT2D eigenvalue weighted by Gasteiger charge is 1.67. The van der Waals surface area contributed by atoms with Crippen LogP contribution in [0.2, 0.25) is 0 Å². The normalized spacial score (nSPS) is 6.69. The van der Waals surface area contributed by atoms with Crippen molar-refractivity contribution in [2.24, 2.45) is 5.73 Å². The molecule has 0 saturated carbocycles. The molecule has 0 amide bonds. The van der Waals surface area contributed by atoms with Crippen molar-refractivity contribution in [1.82, 2.24) is 0 Å². The zero-order valence-electron chi connectivity index (χ0n) is 10.6. The van der Waals surface area contributed by atoms with Crippen LogP contribution in [0.3, 0.4) is 0 Å². The summed E-state index contributed by atoms with van der Waals surface area (Å²) in [7, 11) is 0. The molecule has 0 fully saturated rings. The van der Waals surface area contributed by atoms with Crippen molar-refractivity contribution in [2.75, 3.05) is 0 Å². The van der Waals surface area contributed by atoms with Gasteiger partial charge in [0.15, 0.2) is 0 Å². The van der Waals surface area contributed by atoms with Crippen LogP contribution < -0.4 is 5.73 Å². The van der Waals surface area contributed by atoms with Crippen LogP contribution in [-0.4, -0.2) is 0 Å². The van der Waals surface area contributed by atoms with Gasteiger partial charge in [-0.25, -0.2) is 0 Å². The van der Waals surface area contributed by atoms with Crippen LogP contribution in [-0.2, 0) is 0 Å². The number of allylic oxidation sites excluding steroid dienone is 2. The van der Waals surface area contributed by atoms with Crippen molar-refractivity contribution in [3.05, 3.63) is 24.4 Å². The van der Waals surface area contributed by atoms with Gasteiger partial charge in [-0.15, -0.1) is 0 Å². The highest BCUT2D eigenvalue weighted by Crippen LogP contribution is 1.82. The Hall–Kier alpha value is -0.720. The molecule has 1 nitrogen and oxygen atoms in total. The molecule has 13 heavy (non-hydrogen) atoms. The van der Waals surface area contributed by atoms with Crippen LogP contribution in [0.1, 0.15) is 54.9 Å². The molecule has 82 valence electrons. The molecule has 0 unspecified atom stereocenters. The largest absolute Gasteiger partial charge is 0.399 e. The van der Waals surface area contributed by atoms with Gasteiger partial charge in [0.2, 0.25) is 0 Å². The fourth-order valence-electron chi connectivity index (χ4n) is 0.269. The summed E-state index contributed by atoms with van der Waals surface area (Å²) < 4.78 is 0. The van der Waals surface area contributed by atoms with Gasteiger partial charge in [-0.05, 0) is 12.5 Å². The Bertz CT molecular complexity index is 83.1. The van der Waals surface area contributed by atoms with E-state index in [0.717, 1.165) is 6.42 Å². The average molecular weight is 187 g/mol. The number of hydrogen-bond donors (Lipinski definition) is 1. The molecular formula is C12H29N. The predicted octanol–water partition coefficient (Wildman–Crippen LogP) is 4.50. The summed E-state index contributed by atoms with van der Waals surface area (Å²) in [4.78, 5) is 0. The highest BCUT2D eigenvalue weighted by molar-refractivity contribution is 5.08. The molecule has 2 N–H and O–H groups in total. The molecule has 0 bridgehead atoms. The van der Waals surface area contributed by atoms with E-state index in [1.807, 2.05) is 47.6 Å². The van der Waals surface area contributed by atoms with Gasteiger partial charge < -0.3 is 5.73 Å². The Morgan fingerprint density at radius 1 is 1.08 bits per heavy atom. The minimum atomic E-state index is 0.627. The molecule has 0 saturated heterocycles. The lowest BCUT2D eigenvalue weighted by Crippen LogP contribution is -1.87. The third kappa shape index (κ3) is 90.3. The summed E-state index contributed by atoms with van der Waals surface area (Å²) in [5, 5.41) is 0. The lowest BCUT2D eigenvalue weighted by Gasteiger charge is -1.81. The van der Waals surface area contributed by atoms with Gasteiger partial charge in [-0.3, -0.25) is 0 Å². The van der Waals surface area contributed by atoms with Gasteiger partial charge in [-0.2, -0.15) is 0 Å². The second-order valence-electron chi connectivity index (χ2n) is 1.39. The van der Waals surface area contributed by atoms with Crippen LogP contribution in [0, 0.1) is 0 Å². The van der Waals surface area contributed by atoms with Crippen LogP contribution in [0.25, 0.3) is 0 Å². The fraction of sp³-hybridized carbons (Fsp3) is 0.667. The van der Waals surface area contributed by atoms with E-state index in [-0.39, 0.29) is 0 Å². The molecule has 0 aliphatic rings. The van der Waals surface area contributed by atoms with Gasteiger partial charge >= 0.3 is 0 Å². The van der Waals surface area contributed by atoms with Gasteiger partial charge in [0, 0.05) is 5.70 Å². The van der Waals surface area contributed by atoms with Crippen molar-refractivity contribution in [2.45, 2.75) is 54.9 Å². The van der Waals surface area contributed by atoms with E-state index in [9.17, 15) is 0 Å². The molecule has 0 aromatic rings. The molecule has 0 heterocycles. The molecule has 0 aliphatic heterocycles. The Labute approximate surface area is 85.7 Å². The predicted molar refractivity (Wildman–Crippen MR) is 66.8 cm³/mol. The topological polar surface area (TPSA) is 26.0 Å². The fourth-order valence-corrected chi connectivity index (χ4v) is 0.269. The average Bonchev–Trinajstić information content (AvgIpc) is 2.24. The molecule has 0 atom stereocenters. The number of hydrogen-bond acceptors (Lipinski definition) is 1. The molecule has 1 heteroatoms. The SMILES string of the molecule is C=C(N)/C=C\CC.CC.CC.CC. The minimum absolute atomic E-state index is 0.627. The summed E-state index contributed by atoms with van der Waals surface area (Å²) in [5.41, 5.74) is 5.82. The zero-order chi connectivity index (χ0) is 11.7. The quantitative estimate of drug-likeness (QED) is 0.633. The van der Waals surface area contributed by atoms with Crippen molar-refractivity contribution >= 4 is 0 Å². The second-order valence-corrected chi connectivity index (χ2v) is 1.39. The third-order valence-corrected chi connectivity index (χ3v) is 0.568. The lowest BCUT2D eigenvalue weighted by molar-refractivity contribution is 1.21. The van der Waals surface area contributed by atoms with E-state index in [1.54, 1.807) is 6.08 Å². The maximum atomic E-state index is 5.20. The highest BCUT2D eigenvalue weighted by atomic mass is 14.5. The second kappa shape index (κ2) is 42.8. The van der Waals surface area contributed by atoms with Gasteiger partial charge in [0.05, 0.1) is 0 Å². The first kappa shape index (κ1) is 22.8. The standard InChI is InChI=1S/C6H11N.3C2H6/c1-3-4-5-6(2)7;3*1-2/h4-5H,2-3,7H2,1H3;3*1-2H3/b5-4-;;;. The molecule has 0 spiro atoms. The Kier molecular flexibility index (Phi) is 75.0. The monoisotopic (exact) mass is 187 g/mol. The number of nitrogens with two attached hydrogens (primary N) is 1. The van der Waals surface area contributed by atoms with E-state index in [4.69, 9.17) is 5.73 Å². The maximum Gasteiger partial charge on any atom is 0.0237 e. The third-order valence-electron chi connectivity index (χ3n) is 0.568. The van der Waals surface area contributed by atoms with Gasteiger partial charge in [0.25, 0.3) is 0 Å². The first-order valence-corrected chi connectivity index (χ1v) is 5.38. The lowest BCUT2D eigenvalue weighted by atomic mass is 10.4. The van der Waals surface area contributed by atoms with Crippen molar-refractivity contribution in [3.8, 4) is 0 Å². The van der Waals surface area contributed by atoms with Crippen molar-refractivity contribution < 1.29 is 0 Å². The summed E-state index contributed by atoms with van der Waals surface area (Å²) in [6.45, 7) is 17.5. The van der Waals surface area contributed by atoms with E-state index in [0.29, 0.717) is 5.70 Å². The number of rotatable bonds is 2. The van der Waals surface area contributed by atoms with Gasteiger partial charge in [0.1, 0.15) is 0 Å². The Morgan fingerprint density at radius 2 is 1.38 bits per heavy atom. The summed E-state index contributed by atoms with van der Waals surface area (Å²) in [6, 6.07) is 0. The minimum Gasteiger partial charge on any atom is -0.399 e. The van der Waals surface area contributed by atoms with Crippen LogP contribution in [0.15, 0.2) is 24.4 Å². The molecule has 0 aromatic carbocycles. The first-order chi connectivity index (χ1) is 6.27. The Morgan fingerprint density at radius 3 is 1.46 bits per heavy atom. The summed E-state index contributed by atoms with van der Waals surface area (Å²) >= 11 is 0. The van der Waals surface area contributed by atoms with Crippen LogP contribution >= 0.6 is 0 Å². The van der Waals surface area contributed by atoms with Crippen LogP contribution in [0.4, 0.5) is 0 Å². The first-order valence-electron chi connectivity index (χ1n) is 5.38. The van der Waals surface area contributed by atoms with Crippen LogP contribution in [0.5, 0.6) is 0 Å². The zero-order valence-corrected chi connectivity index (χ0v) is 10.6. The molecular weight excluding hydrogens is 158 g/mol. The molecule has 0 radical (unpaired) electrons. The molecule has 0 aliphatic carbocycles. The van der Waals surface area contributed by atoms with Crippen molar-refractivity contribution in [1.29, 1.82) is 0 Å². The Balaban J connectivity index is -0.0000000573. The van der Waals surface area contributed by atoms with E-state index < -0.39 is 0 Å². The van der Waals surface area contributed by atoms with E-state index in [2.05, 4.69) is 13.5 Å². The van der Waals surface area contributed by atoms with E-state index in [1.165, 1.54) is 0 Å². The smallest absolute Gasteiger partial charge is 0.0237 e. The molecule has 0 rings (SSSR count). The molecule has 0 aromatic heterocycles.